The second-order valence-corrected chi connectivity index (χ2v) is 5.94. The van der Waals surface area contributed by atoms with Crippen molar-refractivity contribution in [3.05, 3.63) is 83.9 Å². The van der Waals surface area contributed by atoms with Gasteiger partial charge in [-0.2, -0.15) is 0 Å². The van der Waals surface area contributed by atoms with Crippen molar-refractivity contribution in [3.63, 3.8) is 0 Å². The molecule has 148 valence electrons. The first-order chi connectivity index (χ1) is 14.1. The van der Waals surface area contributed by atoms with Crippen LogP contribution in [0.25, 0.3) is 0 Å². The summed E-state index contributed by atoms with van der Waals surface area (Å²) in [5.41, 5.74) is 0.806. The largest absolute Gasteiger partial charge is 0.497 e. The molecule has 6 heteroatoms. The molecule has 0 aliphatic heterocycles. The summed E-state index contributed by atoms with van der Waals surface area (Å²) in [5.74, 6) is 1.04. The molecule has 0 unspecified atom stereocenters. The maximum atomic E-state index is 12.2. The van der Waals surface area contributed by atoms with Crippen LogP contribution in [0, 0.1) is 0 Å². The first-order valence-electron chi connectivity index (χ1n) is 9.00. The number of methoxy groups -OCH3 is 1. The molecule has 0 spiro atoms. The number of benzene rings is 3. The van der Waals surface area contributed by atoms with E-state index in [9.17, 15) is 9.59 Å². The Bertz CT molecular complexity index is 960. The molecule has 29 heavy (non-hydrogen) atoms. The van der Waals surface area contributed by atoms with Crippen LogP contribution in [0.2, 0.25) is 0 Å². The van der Waals surface area contributed by atoms with Crippen molar-refractivity contribution in [3.8, 4) is 23.0 Å². The summed E-state index contributed by atoms with van der Waals surface area (Å²) in [4.78, 5) is 24.4. The molecule has 0 aromatic heterocycles. The second-order valence-electron chi connectivity index (χ2n) is 5.94. The molecule has 0 bridgehead atoms. The van der Waals surface area contributed by atoms with Gasteiger partial charge in [0.05, 0.1) is 24.8 Å². The van der Waals surface area contributed by atoms with Crippen LogP contribution in [0.4, 0.5) is 0 Å². The minimum atomic E-state index is -0.494. The van der Waals surface area contributed by atoms with E-state index in [-0.39, 0.29) is 0 Å². The highest BCUT2D eigenvalue weighted by Crippen LogP contribution is 2.21. The Kier molecular flexibility index (Phi) is 6.47. The number of rotatable bonds is 7. The van der Waals surface area contributed by atoms with E-state index >= 15 is 0 Å². The van der Waals surface area contributed by atoms with E-state index in [0.29, 0.717) is 40.7 Å². The summed E-state index contributed by atoms with van der Waals surface area (Å²) in [5, 5.41) is 0. The lowest BCUT2D eigenvalue weighted by Gasteiger charge is -2.08. The Balaban J connectivity index is 1.59. The molecule has 0 atom stereocenters. The highest BCUT2D eigenvalue weighted by atomic mass is 16.5. The fourth-order valence-electron chi connectivity index (χ4n) is 2.49. The molecular weight excluding hydrogens is 372 g/mol. The molecule has 0 radical (unpaired) electrons. The van der Waals surface area contributed by atoms with Gasteiger partial charge in [0.25, 0.3) is 0 Å². The van der Waals surface area contributed by atoms with E-state index in [4.69, 9.17) is 18.9 Å². The zero-order valence-electron chi connectivity index (χ0n) is 16.1. The summed E-state index contributed by atoms with van der Waals surface area (Å²) in [6.45, 7) is 2.44. The van der Waals surface area contributed by atoms with Gasteiger partial charge in [0.15, 0.2) is 0 Å². The molecule has 0 heterocycles. The average Bonchev–Trinajstić information content (AvgIpc) is 2.76. The number of ether oxygens (including phenoxy) is 4. The minimum Gasteiger partial charge on any atom is -0.497 e. The normalized spacial score (nSPS) is 10.1. The van der Waals surface area contributed by atoms with E-state index in [2.05, 4.69) is 0 Å². The lowest BCUT2D eigenvalue weighted by molar-refractivity contribution is 0.0719. The lowest BCUT2D eigenvalue weighted by Crippen LogP contribution is -2.09. The molecule has 0 aliphatic carbocycles. The maximum absolute atomic E-state index is 12.2. The molecule has 0 aliphatic rings. The third-order valence-corrected chi connectivity index (χ3v) is 3.97. The Labute approximate surface area is 168 Å². The molecule has 0 saturated carbocycles. The van der Waals surface area contributed by atoms with Crippen molar-refractivity contribution in [2.45, 2.75) is 6.92 Å². The molecule has 3 rings (SSSR count). The summed E-state index contributed by atoms with van der Waals surface area (Å²) in [7, 11) is 1.55. The van der Waals surface area contributed by atoms with Crippen LogP contribution in [0.3, 0.4) is 0 Å². The van der Waals surface area contributed by atoms with E-state index in [1.54, 1.807) is 79.9 Å². The standard InChI is InChI=1S/C23H20O6/c1-3-27-19-10-6-17(7-11-19)23(25)29-21-14-12-20(13-15-21)28-22(24)16-4-8-18(26-2)9-5-16/h4-15H,3H2,1-2H3. The van der Waals surface area contributed by atoms with E-state index in [1.165, 1.54) is 0 Å². The fourth-order valence-corrected chi connectivity index (χ4v) is 2.49. The second kappa shape index (κ2) is 9.41. The van der Waals surface area contributed by atoms with Crippen LogP contribution < -0.4 is 18.9 Å². The Morgan fingerprint density at radius 2 is 1.00 bits per heavy atom. The van der Waals surface area contributed by atoms with Gasteiger partial charge in [0.2, 0.25) is 0 Å². The van der Waals surface area contributed by atoms with Crippen molar-refractivity contribution < 1.29 is 28.5 Å². The van der Waals surface area contributed by atoms with Crippen molar-refractivity contribution in [1.29, 1.82) is 0 Å². The summed E-state index contributed by atoms with van der Waals surface area (Å²) in [6, 6.07) is 19.5. The van der Waals surface area contributed by atoms with E-state index in [0.717, 1.165) is 0 Å². The molecule has 0 saturated heterocycles. The average molecular weight is 392 g/mol. The van der Waals surface area contributed by atoms with Crippen LogP contribution in [0.5, 0.6) is 23.0 Å². The highest BCUT2D eigenvalue weighted by molar-refractivity contribution is 5.92. The topological polar surface area (TPSA) is 71.1 Å². The van der Waals surface area contributed by atoms with Gasteiger partial charge >= 0.3 is 11.9 Å². The van der Waals surface area contributed by atoms with Crippen LogP contribution in [-0.4, -0.2) is 25.7 Å². The van der Waals surface area contributed by atoms with Gasteiger partial charge in [-0.1, -0.05) is 0 Å². The van der Waals surface area contributed by atoms with E-state index in [1.807, 2.05) is 6.92 Å². The Morgan fingerprint density at radius 1 is 0.621 bits per heavy atom. The van der Waals surface area contributed by atoms with Crippen molar-refractivity contribution in [2.75, 3.05) is 13.7 Å². The molecule has 6 nitrogen and oxygen atoms in total. The quantitative estimate of drug-likeness (QED) is 0.434. The van der Waals surface area contributed by atoms with Gasteiger partial charge in [0, 0.05) is 0 Å². The number of carbonyl (C=O) groups excluding carboxylic acids is 2. The van der Waals surface area contributed by atoms with Crippen LogP contribution in [0.15, 0.2) is 72.8 Å². The summed E-state index contributed by atoms with van der Waals surface area (Å²) < 4.78 is 21.1. The predicted octanol–water partition coefficient (Wildman–Crippen LogP) is 4.53. The third kappa shape index (κ3) is 5.35. The number of hydrogen-bond acceptors (Lipinski definition) is 6. The first-order valence-corrected chi connectivity index (χ1v) is 9.00. The van der Waals surface area contributed by atoms with Crippen LogP contribution in [0.1, 0.15) is 27.6 Å². The zero-order valence-corrected chi connectivity index (χ0v) is 16.1. The van der Waals surface area contributed by atoms with Crippen molar-refractivity contribution >= 4 is 11.9 Å². The molecular formula is C23H20O6. The third-order valence-electron chi connectivity index (χ3n) is 3.97. The van der Waals surface area contributed by atoms with Crippen molar-refractivity contribution in [2.24, 2.45) is 0 Å². The molecule has 0 N–H and O–H groups in total. The predicted molar refractivity (Wildman–Crippen MR) is 107 cm³/mol. The summed E-state index contributed by atoms with van der Waals surface area (Å²) in [6.07, 6.45) is 0. The van der Waals surface area contributed by atoms with E-state index < -0.39 is 11.9 Å². The molecule has 3 aromatic rings. The SMILES string of the molecule is CCOc1ccc(C(=O)Oc2ccc(OC(=O)c3ccc(OC)cc3)cc2)cc1. The minimum absolute atomic E-state index is 0.340. The van der Waals surface area contributed by atoms with Gasteiger partial charge in [-0.05, 0) is 79.7 Å². The lowest BCUT2D eigenvalue weighted by atomic mass is 10.2. The smallest absolute Gasteiger partial charge is 0.343 e. The Hall–Kier alpha value is -3.80. The Morgan fingerprint density at radius 3 is 1.38 bits per heavy atom. The van der Waals surface area contributed by atoms with Crippen molar-refractivity contribution in [1.82, 2.24) is 0 Å². The van der Waals surface area contributed by atoms with Gasteiger partial charge < -0.3 is 18.9 Å². The zero-order chi connectivity index (χ0) is 20.6. The van der Waals surface area contributed by atoms with Gasteiger partial charge in [-0.3, -0.25) is 0 Å². The molecule has 3 aromatic carbocycles. The highest BCUT2D eigenvalue weighted by Gasteiger charge is 2.11. The summed E-state index contributed by atoms with van der Waals surface area (Å²) >= 11 is 0. The van der Waals surface area contributed by atoms with Gasteiger partial charge in [-0.15, -0.1) is 0 Å². The fraction of sp³-hybridized carbons (Fsp3) is 0.130. The van der Waals surface area contributed by atoms with Gasteiger partial charge in [-0.25, -0.2) is 9.59 Å². The first kappa shape index (κ1) is 19.9. The van der Waals surface area contributed by atoms with Gasteiger partial charge in [0.1, 0.15) is 23.0 Å². The molecule has 0 fully saturated rings. The maximum Gasteiger partial charge on any atom is 0.343 e. The van der Waals surface area contributed by atoms with Crippen LogP contribution in [-0.2, 0) is 0 Å². The molecule has 0 amide bonds. The number of esters is 2. The monoisotopic (exact) mass is 392 g/mol. The number of hydrogen-bond donors (Lipinski definition) is 0. The van der Waals surface area contributed by atoms with Crippen LogP contribution >= 0.6 is 0 Å². The number of carbonyl (C=O) groups is 2.